The highest BCUT2D eigenvalue weighted by Gasteiger charge is 2.22. The Morgan fingerprint density at radius 1 is 1.37 bits per heavy atom. The van der Waals surface area contributed by atoms with Crippen LogP contribution in [0.3, 0.4) is 0 Å². The molecule has 0 spiro atoms. The third-order valence-electron chi connectivity index (χ3n) is 3.32. The fourth-order valence-corrected chi connectivity index (χ4v) is 3.10. The van der Waals surface area contributed by atoms with Crippen LogP contribution in [0, 0.1) is 11.6 Å². The van der Waals surface area contributed by atoms with Gasteiger partial charge in [-0.2, -0.15) is 0 Å². The molecule has 2 aromatic rings. The molecule has 0 bridgehead atoms. The van der Waals surface area contributed by atoms with Gasteiger partial charge in [-0.05, 0) is 18.1 Å². The first-order valence-electron chi connectivity index (χ1n) is 6.02. The van der Waals surface area contributed by atoms with Crippen molar-refractivity contribution < 1.29 is 8.78 Å². The number of hydrogen-bond donors (Lipinski definition) is 1. The van der Waals surface area contributed by atoms with E-state index in [2.05, 4.69) is 9.88 Å². The van der Waals surface area contributed by atoms with E-state index in [9.17, 15) is 8.78 Å². The number of anilines is 1. The van der Waals surface area contributed by atoms with Gasteiger partial charge in [-0.25, -0.2) is 13.8 Å². The smallest absolute Gasteiger partial charge is 0.180 e. The molecule has 3 rings (SSSR count). The van der Waals surface area contributed by atoms with Crippen LogP contribution < -0.4 is 5.73 Å². The second-order valence-electron chi connectivity index (χ2n) is 4.62. The van der Waals surface area contributed by atoms with Gasteiger partial charge in [-0.1, -0.05) is 6.07 Å². The monoisotopic (exact) mass is 281 g/mol. The summed E-state index contributed by atoms with van der Waals surface area (Å²) >= 11 is 1.43. The number of fused-ring (bicyclic) bond motifs is 1. The van der Waals surface area contributed by atoms with Crippen LogP contribution in [0.5, 0.6) is 0 Å². The first-order valence-corrected chi connectivity index (χ1v) is 6.83. The Labute approximate surface area is 113 Å². The van der Waals surface area contributed by atoms with Crippen molar-refractivity contribution in [1.29, 1.82) is 0 Å². The third kappa shape index (κ3) is 2.46. The van der Waals surface area contributed by atoms with E-state index in [1.807, 2.05) is 0 Å². The maximum atomic E-state index is 13.8. The number of benzene rings is 1. The molecule has 2 heterocycles. The van der Waals surface area contributed by atoms with Gasteiger partial charge in [0.25, 0.3) is 0 Å². The van der Waals surface area contributed by atoms with Crippen molar-refractivity contribution in [1.82, 2.24) is 9.88 Å². The van der Waals surface area contributed by atoms with Crippen molar-refractivity contribution in [3.8, 4) is 0 Å². The van der Waals surface area contributed by atoms with Crippen molar-refractivity contribution in [2.75, 3.05) is 12.3 Å². The first-order chi connectivity index (χ1) is 9.13. The molecule has 1 aromatic heterocycles. The predicted octanol–water partition coefficient (Wildman–Crippen LogP) is 2.56. The molecule has 1 aliphatic heterocycles. The van der Waals surface area contributed by atoms with Gasteiger partial charge in [0.05, 0.1) is 0 Å². The number of halogens is 2. The second kappa shape index (κ2) is 4.86. The van der Waals surface area contributed by atoms with E-state index in [0.717, 1.165) is 23.4 Å². The van der Waals surface area contributed by atoms with Gasteiger partial charge < -0.3 is 5.73 Å². The summed E-state index contributed by atoms with van der Waals surface area (Å²) in [5.41, 5.74) is 6.96. The lowest BCUT2D eigenvalue weighted by molar-refractivity contribution is 0.241. The molecule has 19 heavy (non-hydrogen) atoms. The van der Waals surface area contributed by atoms with Gasteiger partial charge in [-0.15, -0.1) is 11.3 Å². The maximum Gasteiger partial charge on any atom is 0.180 e. The lowest BCUT2D eigenvalue weighted by Crippen LogP contribution is -2.30. The maximum absolute atomic E-state index is 13.8. The van der Waals surface area contributed by atoms with Crippen LogP contribution in [0.15, 0.2) is 18.3 Å². The number of thiazole rings is 1. The summed E-state index contributed by atoms with van der Waals surface area (Å²) in [6.07, 6.45) is 2.47. The van der Waals surface area contributed by atoms with Gasteiger partial charge in [0.1, 0.15) is 0 Å². The molecule has 0 fully saturated rings. The molecular weight excluding hydrogens is 268 g/mol. The first kappa shape index (κ1) is 12.5. The van der Waals surface area contributed by atoms with Crippen molar-refractivity contribution in [3.63, 3.8) is 0 Å². The van der Waals surface area contributed by atoms with E-state index in [-0.39, 0.29) is 0 Å². The molecule has 0 aliphatic carbocycles. The standard InChI is InChI=1S/C13H13F2N3S/c14-11-2-1-8-3-4-18(7-10(8)12(11)15)6-9-5-17-13(16)19-9/h1-2,5H,3-4,6-7H2,(H2,16,17). The molecule has 0 saturated heterocycles. The average molecular weight is 281 g/mol. The van der Waals surface area contributed by atoms with E-state index in [1.165, 1.54) is 17.4 Å². The van der Waals surface area contributed by atoms with Gasteiger partial charge in [0.2, 0.25) is 0 Å². The Hall–Kier alpha value is -1.53. The number of nitrogens with two attached hydrogens (primary N) is 1. The van der Waals surface area contributed by atoms with Gasteiger partial charge in [0, 0.05) is 36.3 Å². The SMILES string of the molecule is Nc1ncc(CN2CCc3ccc(F)c(F)c3C2)s1. The van der Waals surface area contributed by atoms with Crippen molar-refractivity contribution in [2.24, 2.45) is 0 Å². The topological polar surface area (TPSA) is 42.1 Å². The highest BCUT2D eigenvalue weighted by molar-refractivity contribution is 7.15. The van der Waals surface area contributed by atoms with Crippen molar-refractivity contribution in [2.45, 2.75) is 19.5 Å². The quantitative estimate of drug-likeness (QED) is 0.920. The molecule has 100 valence electrons. The van der Waals surface area contributed by atoms with Gasteiger partial charge in [-0.3, -0.25) is 4.90 Å². The molecule has 0 amide bonds. The normalized spacial score (nSPS) is 15.5. The Kier molecular flexibility index (Phi) is 3.20. The van der Waals surface area contributed by atoms with E-state index >= 15 is 0 Å². The van der Waals surface area contributed by atoms with Gasteiger partial charge >= 0.3 is 0 Å². The van der Waals surface area contributed by atoms with Crippen LogP contribution in [-0.4, -0.2) is 16.4 Å². The Balaban J connectivity index is 1.80. The number of aromatic nitrogens is 1. The second-order valence-corrected chi connectivity index (χ2v) is 5.77. The Bertz CT molecular complexity index is 612. The summed E-state index contributed by atoms with van der Waals surface area (Å²) < 4.78 is 27.0. The van der Waals surface area contributed by atoms with Crippen LogP contribution in [-0.2, 0) is 19.5 Å². The van der Waals surface area contributed by atoms with E-state index in [1.54, 1.807) is 12.3 Å². The summed E-state index contributed by atoms with van der Waals surface area (Å²) in [4.78, 5) is 7.11. The zero-order valence-corrected chi connectivity index (χ0v) is 11.0. The zero-order valence-electron chi connectivity index (χ0n) is 10.2. The number of rotatable bonds is 2. The highest BCUT2D eigenvalue weighted by atomic mass is 32.1. The molecule has 6 heteroatoms. The third-order valence-corrected chi connectivity index (χ3v) is 4.13. The predicted molar refractivity (Wildman–Crippen MR) is 70.7 cm³/mol. The molecule has 3 nitrogen and oxygen atoms in total. The lowest BCUT2D eigenvalue weighted by atomic mass is 9.99. The average Bonchev–Trinajstić information content (AvgIpc) is 2.80. The van der Waals surface area contributed by atoms with E-state index < -0.39 is 11.6 Å². The van der Waals surface area contributed by atoms with Gasteiger partial charge in [0.15, 0.2) is 16.8 Å². The van der Waals surface area contributed by atoms with Crippen LogP contribution in [0.2, 0.25) is 0 Å². The molecule has 0 unspecified atom stereocenters. The molecule has 0 radical (unpaired) electrons. The number of nitrogen functional groups attached to an aromatic ring is 1. The summed E-state index contributed by atoms with van der Waals surface area (Å²) in [6, 6.07) is 2.88. The number of nitrogens with zero attached hydrogens (tertiary/aromatic N) is 2. The largest absolute Gasteiger partial charge is 0.375 e. The summed E-state index contributed by atoms with van der Waals surface area (Å²) in [5, 5.41) is 0.532. The Morgan fingerprint density at radius 3 is 2.95 bits per heavy atom. The summed E-state index contributed by atoms with van der Waals surface area (Å²) in [5.74, 6) is -1.49. The van der Waals surface area contributed by atoms with Crippen LogP contribution in [0.1, 0.15) is 16.0 Å². The van der Waals surface area contributed by atoms with Crippen LogP contribution in [0.4, 0.5) is 13.9 Å². The molecule has 0 atom stereocenters. The summed E-state index contributed by atoms with van der Waals surface area (Å²) in [7, 11) is 0. The van der Waals surface area contributed by atoms with E-state index in [0.29, 0.717) is 23.8 Å². The van der Waals surface area contributed by atoms with E-state index in [4.69, 9.17) is 5.73 Å². The minimum Gasteiger partial charge on any atom is -0.375 e. The van der Waals surface area contributed by atoms with Crippen LogP contribution >= 0.6 is 11.3 Å². The molecule has 1 aromatic carbocycles. The van der Waals surface area contributed by atoms with Crippen molar-refractivity contribution >= 4 is 16.5 Å². The molecular formula is C13H13F2N3S. The summed E-state index contributed by atoms with van der Waals surface area (Å²) in [6.45, 7) is 1.93. The minimum atomic E-state index is -0.775. The zero-order chi connectivity index (χ0) is 13.4. The fourth-order valence-electron chi connectivity index (χ4n) is 2.37. The molecule has 0 saturated carbocycles. The molecule has 2 N–H and O–H groups in total. The minimum absolute atomic E-state index is 0.427. The lowest BCUT2D eigenvalue weighted by Gasteiger charge is -2.28. The Morgan fingerprint density at radius 2 is 2.21 bits per heavy atom. The van der Waals surface area contributed by atoms with Crippen LogP contribution in [0.25, 0.3) is 0 Å². The molecule has 1 aliphatic rings. The number of hydrogen-bond acceptors (Lipinski definition) is 4. The van der Waals surface area contributed by atoms with Crippen molar-refractivity contribution in [3.05, 3.63) is 46.0 Å². The fraction of sp³-hybridized carbons (Fsp3) is 0.308. The highest BCUT2D eigenvalue weighted by Crippen LogP contribution is 2.26.